The van der Waals surface area contributed by atoms with Gasteiger partial charge in [-0.2, -0.15) is 0 Å². The summed E-state index contributed by atoms with van der Waals surface area (Å²) in [4.78, 5) is 38.2. The van der Waals surface area contributed by atoms with E-state index in [2.05, 4.69) is 18.0 Å². The van der Waals surface area contributed by atoms with Crippen LogP contribution in [0.5, 0.6) is 0 Å². The van der Waals surface area contributed by atoms with Crippen LogP contribution >= 0.6 is 11.8 Å². The van der Waals surface area contributed by atoms with Crippen molar-refractivity contribution in [1.29, 1.82) is 0 Å². The van der Waals surface area contributed by atoms with Crippen molar-refractivity contribution in [3.63, 3.8) is 0 Å². The summed E-state index contributed by atoms with van der Waals surface area (Å²) in [7, 11) is 0. The van der Waals surface area contributed by atoms with Crippen molar-refractivity contribution in [3.05, 3.63) is 88.3 Å². The molecule has 0 fully saturated rings. The van der Waals surface area contributed by atoms with E-state index < -0.39 is 5.25 Å². The van der Waals surface area contributed by atoms with Crippen LogP contribution in [0, 0.1) is 6.92 Å². The Balaban J connectivity index is 1.58. The van der Waals surface area contributed by atoms with Crippen molar-refractivity contribution in [2.75, 3.05) is 4.90 Å². The van der Waals surface area contributed by atoms with Crippen LogP contribution in [0.4, 0.5) is 5.69 Å². The number of aromatic nitrogens is 3. The van der Waals surface area contributed by atoms with Gasteiger partial charge in [0.25, 0.3) is 5.56 Å². The van der Waals surface area contributed by atoms with E-state index in [0.29, 0.717) is 21.9 Å². The van der Waals surface area contributed by atoms with Crippen molar-refractivity contribution in [3.8, 4) is 5.82 Å². The first-order valence-corrected chi connectivity index (χ1v) is 11.8. The van der Waals surface area contributed by atoms with E-state index in [9.17, 15) is 9.59 Å². The summed E-state index contributed by atoms with van der Waals surface area (Å²) in [6, 6.07) is 19.1. The summed E-state index contributed by atoms with van der Waals surface area (Å²) in [5.74, 6) is 0.534. The molecule has 0 radical (unpaired) electrons. The molecule has 0 aliphatic carbocycles. The Kier molecular flexibility index (Phi) is 5.50. The Hall–Kier alpha value is -3.45. The topological polar surface area (TPSA) is 68.1 Å². The molecule has 1 amide bonds. The maximum atomic E-state index is 13.6. The predicted molar refractivity (Wildman–Crippen MR) is 132 cm³/mol. The standard InChI is InChI=1S/C26H24N4O2S/c1-16-9-8-14-27-23(16)30-25(32)20-11-5-6-12-21(20)28-26(30)33-18(3)24(31)29-17(2)15-19-10-4-7-13-22(19)29/h4-14,17-18H,15H2,1-3H3. The van der Waals surface area contributed by atoms with Gasteiger partial charge in [-0.15, -0.1) is 0 Å². The maximum absolute atomic E-state index is 13.6. The molecule has 33 heavy (non-hydrogen) atoms. The Morgan fingerprint density at radius 3 is 2.67 bits per heavy atom. The van der Waals surface area contributed by atoms with Gasteiger partial charge in [-0.05, 0) is 62.6 Å². The van der Waals surface area contributed by atoms with Crippen LogP contribution in [0.3, 0.4) is 0 Å². The molecule has 0 saturated carbocycles. The quantitative estimate of drug-likeness (QED) is 0.333. The summed E-state index contributed by atoms with van der Waals surface area (Å²) in [6.45, 7) is 5.85. The average Bonchev–Trinajstić information content (AvgIpc) is 3.15. The Morgan fingerprint density at radius 1 is 1.09 bits per heavy atom. The second-order valence-electron chi connectivity index (χ2n) is 8.35. The van der Waals surface area contributed by atoms with Gasteiger partial charge in [-0.25, -0.2) is 14.5 Å². The molecule has 0 N–H and O–H groups in total. The van der Waals surface area contributed by atoms with Gasteiger partial charge in [-0.3, -0.25) is 9.59 Å². The Bertz CT molecular complexity index is 1430. The number of nitrogens with zero attached hydrogens (tertiary/aromatic N) is 4. The zero-order valence-electron chi connectivity index (χ0n) is 18.7. The maximum Gasteiger partial charge on any atom is 0.267 e. The van der Waals surface area contributed by atoms with Crippen LogP contribution in [-0.2, 0) is 11.2 Å². The first-order valence-electron chi connectivity index (χ1n) is 11.0. The first-order chi connectivity index (χ1) is 16.0. The fourth-order valence-corrected chi connectivity index (χ4v) is 5.35. The molecular weight excluding hydrogens is 432 g/mol. The summed E-state index contributed by atoms with van der Waals surface area (Å²) < 4.78 is 1.54. The minimum absolute atomic E-state index is 0.00384. The van der Waals surface area contributed by atoms with Crippen LogP contribution in [0.2, 0.25) is 0 Å². The average molecular weight is 457 g/mol. The third kappa shape index (κ3) is 3.72. The van der Waals surface area contributed by atoms with Gasteiger partial charge in [0.15, 0.2) is 5.16 Å². The highest BCUT2D eigenvalue weighted by Gasteiger charge is 2.34. The molecule has 5 rings (SSSR count). The van der Waals surface area contributed by atoms with E-state index in [1.807, 2.05) is 67.3 Å². The zero-order valence-corrected chi connectivity index (χ0v) is 19.5. The summed E-state index contributed by atoms with van der Waals surface area (Å²) >= 11 is 1.30. The number of amides is 1. The minimum atomic E-state index is -0.443. The van der Waals surface area contributed by atoms with E-state index in [0.717, 1.165) is 17.7 Å². The number of hydrogen-bond donors (Lipinski definition) is 0. The number of benzene rings is 2. The molecule has 6 nitrogen and oxygen atoms in total. The molecule has 0 bridgehead atoms. The van der Waals surface area contributed by atoms with Crippen LogP contribution in [-0.4, -0.2) is 31.7 Å². The van der Waals surface area contributed by atoms with Gasteiger partial charge in [0.2, 0.25) is 5.91 Å². The third-order valence-electron chi connectivity index (χ3n) is 6.01. The molecule has 2 aromatic heterocycles. The van der Waals surface area contributed by atoms with Crippen molar-refractivity contribution < 1.29 is 4.79 Å². The summed E-state index contributed by atoms with van der Waals surface area (Å²) in [6.07, 6.45) is 2.50. The van der Waals surface area contributed by atoms with Crippen molar-refractivity contribution >= 4 is 34.3 Å². The highest BCUT2D eigenvalue weighted by atomic mass is 32.2. The molecule has 166 valence electrons. The highest BCUT2D eigenvalue weighted by Crippen LogP contribution is 2.35. The number of hydrogen-bond acceptors (Lipinski definition) is 5. The number of fused-ring (bicyclic) bond motifs is 2. The van der Waals surface area contributed by atoms with Gasteiger partial charge < -0.3 is 4.90 Å². The number of rotatable bonds is 4. The van der Waals surface area contributed by atoms with Gasteiger partial charge in [0, 0.05) is 17.9 Å². The molecule has 3 heterocycles. The van der Waals surface area contributed by atoms with Gasteiger partial charge in [-0.1, -0.05) is 48.2 Å². The molecule has 2 unspecified atom stereocenters. The number of carbonyl (C=O) groups is 1. The number of thioether (sulfide) groups is 1. The number of para-hydroxylation sites is 2. The molecule has 2 atom stereocenters. The predicted octanol–water partition coefficient (Wildman–Crippen LogP) is 4.55. The van der Waals surface area contributed by atoms with E-state index >= 15 is 0 Å². The lowest BCUT2D eigenvalue weighted by Crippen LogP contribution is -2.40. The largest absolute Gasteiger partial charge is 0.308 e. The molecule has 0 spiro atoms. The van der Waals surface area contributed by atoms with Gasteiger partial charge in [0.1, 0.15) is 5.82 Å². The van der Waals surface area contributed by atoms with Crippen molar-refractivity contribution in [2.24, 2.45) is 0 Å². The van der Waals surface area contributed by atoms with Gasteiger partial charge in [0.05, 0.1) is 16.2 Å². The number of pyridine rings is 1. The van der Waals surface area contributed by atoms with E-state index in [4.69, 9.17) is 4.98 Å². The summed E-state index contributed by atoms with van der Waals surface area (Å²) in [5, 5.41) is 0.538. The fourth-order valence-electron chi connectivity index (χ4n) is 4.40. The molecular formula is C26H24N4O2S. The van der Waals surface area contributed by atoms with Crippen molar-refractivity contribution in [1.82, 2.24) is 14.5 Å². The highest BCUT2D eigenvalue weighted by molar-refractivity contribution is 8.00. The number of aryl methyl sites for hydroxylation is 1. The monoisotopic (exact) mass is 456 g/mol. The van der Waals surface area contributed by atoms with Crippen molar-refractivity contribution in [2.45, 2.75) is 43.6 Å². The normalized spacial score (nSPS) is 16.1. The van der Waals surface area contributed by atoms with E-state index in [1.165, 1.54) is 21.9 Å². The lowest BCUT2D eigenvalue weighted by Gasteiger charge is -2.26. The first kappa shape index (κ1) is 21.4. The Labute approximate surface area is 196 Å². The Morgan fingerprint density at radius 2 is 1.85 bits per heavy atom. The van der Waals surface area contributed by atoms with Crippen LogP contribution in [0.15, 0.2) is 76.8 Å². The lowest BCUT2D eigenvalue weighted by atomic mass is 10.1. The molecule has 2 aromatic carbocycles. The van der Waals surface area contributed by atoms with E-state index in [-0.39, 0.29) is 17.5 Å². The van der Waals surface area contributed by atoms with Crippen LogP contribution < -0.4 is 10.5 Å². The zero-order chi connectivity index (χ0) is 23.1. The molecule has 0 saturated heterocycles. The minimum Gasteiger partial charge on any atom is -0.308 e. The van der Waals surface area contributed by atoms with E-state index in [1.54, 1.807) is 12.3 Å². The second kappa shape index (κ2) is 8.48. The van der Waals surface area contributed by atoms with Gasteiger partial charge >= 0.3 is 0 Å². The SMILES string of the molecule is Cc1cccnc1-n1c(SC(C)C(=O)N2c3ccccc3CC2C)nc2ccccc2c1=O. The smallest absolute Gasteiger partial charge is 0.267 e. The molecule has 7 heteroatoms. The third-order valence-corrected chi connectivity index (χ3v) is 7.05. The number of carbonyl (C=O) groups excluding carboxylic acids is 1. The second-order valence-corrected chi connectivity index (χ2v) is 9.65. The molecule has 1 aliphatic rings. The lowest BCUT2D eigenvalue weighted by molar-refractivity contribution is -0.118. The molecule has 4 aromatic rings. The fraction of sp³-hybridized carbons (Fsp3) is 0.231. The van der Waals surface area contributed by atoms with Crippen LogP contribution in [0.1, 0.15) is 25.0 Å². The summed E-state index contributed by atoms with van der Waals surface area (Å²) in [5.41, 5.74) is 3.42. The molecule has 1 aliphatic heterocycles. The van der Waals surface area contributed by atoms with Crippen LogP contribution in [0.25, 0.3) is 16.7 Å². The number of anilines is 1.